The summed E-state index contributed by atoms with van der Waals surface area (Å²) in [4.78, 5) is 38.7. The number of thioether (sulfide) groups is 2. The maximum Gasteiger partial charge on any atom is 0.352 e. The monoisotopic (exact) mass is 542 g/mol. The number of carboxylic acids is 1. The van der Waals surface area contributed by atoms with E-state index in [1.54, 1.807) is 0 Å². The van der Waals surface area contributed by atoms with E-state index in [1.165, 1.54) is 50.5 Å². The summed E-state index contributed by atoms with van der Waals surface area (Å²) in [5.74, 6) is -1.41. The zero-order chi connectivity index (χ0) is 24.9. The highest BCUT2D eigenvalue weighted by atomic mass is 32.2. The molecule has 2 fully saturated rings. The number of β-lactam (4-membered cyclic amide) rings is 1. The number of carbonyl (C=O) groups is 3. The molecular formula is C20H20F2N6O4S3. The van der Waals surface area contributed by atoms with Gasteiger partial charge in [-0.15, -0.1) is 22.0 Å². The van der Waals surface area contributed by atoms with Crippen molar-refractivity contribution in [3.05, 3.63) is 33.7 Å². The number of nitrogens with one attached hydrogen (secondary N) is 1. The highest BCUT2D eigenvalue weighted by Crippen LogP contribution is 2.42. The standard InChI is InChI=1S/C20H20F2N6O4S3/c1-8-24-25-20(35-8)34-7-10-6-33-18-14(17(30)28(18)15(10)19(31)32)23-13(29)5-27-12(9-2-3-9)4-11(26-27)16(21)22/h4,9,14,16,18H,2-3,5-7H2,1H3,(H,23,29)(H,31,32)/t14-,18+/m0/s1. The zero-order valence-corrected chi connectivity index (χ0v) is 20.8. The number of hydrogen-bond acceptors (Lipinski definition) is 9. The first kappa shape index (κ1) is 24.2. The summed E-state index contributed by atoms with van der Waals surface area (Å²) in [5.41, 5.74) is 0.745. The molecular weight excluding hydrogens is 522 g/mol. The topological polar surface area (TPSA) is 130 Å². The summed E-state index contributed by atoms with van der Waals surface area (Å²) in [6.07, 6.45) is -1.02. The van der Waals surface area contributed by atoms with Gasteiger partial charge in [0.15, 0.2) is 4.34 Å². The molecule has 2 N–H and O–H groups in total. The third kappa shape index (κ3) is 4.80. The molecule has 4 heterocycles. The van der Waals surface area contributed by atoms with Gasteiger partial charge in [-0.3, -0.25) is 19.2 Å². The number of aryl methyl sites for hydroxylation is 1. The Morgan fingerprint density at radius 2 is 2.11 bits per heavy atom. The van der Waals surface area contributed by atoms with Crippen molar-refractivity contribution in [1.29, 1.82) is 0 Å². The molecule has 0 radical (unpaired) electrons. The van der Waals surface area contributed by atoms with Crippen LogP contribution in [0.4, 0.5) is 8.78 Å². The number of rotatable bonds is 9. The molecule has 0 bridgehead atoms. The van der Waals surface area contributed by atoms with Crippen molar-refractivity contribution >= 4 is 52.6 Å². The van der Waals surface area contributed by atoms with E-state index in [0.29, 0.717) is 27.1 Å². The number of aliphatic carboxylic acids is 1. The number of nitrogens with zero attached hydrogens (tertiary/aromatic N) is 5. The van der Waals surface area contributed by atoms with E-state index in [9.17, 15) is 28.3 Å². The van der Waals surface area contributed by atoms with Crippen LogP contribution in [0.15, 0.2) is 21.7 Å². The van der Waals surface area contributed by atoms with E-state index in [4.69, 9.17) is 0 Å². The molecule has 1 saturated carbocycles. The Balaban J connectivity index is 1.25. The Labute approximate surface area is 210 Å². The van der Waals surface area contributed by atoms with Gasteiger partial charge in [-0.05, 0) is 31.4 Å². The number of aromatic nitrogens is 4. The Kier molecular flexibility index (Phi) is 6.57. The predicted molar refractivity (Wildman–Crippen MR) is 124 cm³/mol. The molecule has 0 aromatic carbocycles. The van der Waals surface area contributed by atoms with Gasteiger partial charge >= 0.3 is 5.97 Å². The van der Waals surface area contributed by atoms with E-state index in [2.05, 4.69) is 20.6 Å². The molecule has 1 saturated heterocycles. The summed E-state index contributed by atoms with van der Waals surface area (Å²) in [6.45, 7) is 1.54. The van der Waals surface area contributed by atoms with Gasteiger partial charge in [-0.1, -0.05) is 23.1 Å². The van der Waals surface area contributed by atoms with Gasteiger partial charge in [0.2, 0.25) is 5.91 Å². The van der Waals surface area contributed by atoms with Gasteiger partial charge in [-0.25, -0.2) is 13.6 Å². The van der Waals surface area contributed by atoms with Crippen LogP contribution < -0.4 is 5.32 Å². The van der Waals surface area contributed by atoms with Crippen LogP contribution in [-0.4, -0.2) is 70.7 Å². The lowest BCUT2D eigenvalue weighted by atomic mass is 10.0. The summed E-state index contributed by atoms with van der Waals surface area (Å²) < 4.78 is 28.2. The second-order valence-electron chi connectivity index (χ2n) is 8.31. The van der Waals surface area contributed by atoms with Gasteiger partial charge in [0, 0.05) is 23.1 Å². The second-order valence-corrected chi connectivity index (χ2v) is 11.8. The minimum Gasteiger partial charge on any atom is -0.477 e. The van der Waals surface area contributed by atoms with Crippen molar-refractivity contribution in [3.63, 3.8) is 0 Å². The van der Waals surface area contributed by atoms with Crippen molar-refractivity contribution in [3.8, 4) is 0 Å². The van der Waals surface area contributed by atoms with E-state index in [1.807, 2.05) is 6.92 Å². The van der Waals surface area contributed by atoms with Crippen LogP contribution in [0.2, 0.25) is 0 Å². The van der Waals surface area contributed by atoms with E-state index >= 15 is 0 Å². The smallest absolute Gasteiger partial charge is 0.352 e. The number of alkyl halides is 2. The molecule has 2 atom stereocenters. The Morgan fingerprint density at radius 3 is 2.74 bits per heavy atom. The molecule has 35 heavy (non-hydrogen) atoms. The van der Waals surface area contributed by atoms with Crippen molar-refractivity contribution in [2.24, 2.45) is 0 Å². The average molecular weight is 543 g/mol. The number of amides is 2. The molecule has 0 unspecified atom stereocenters. The van der Waals surface area contributed by atoms with Crippen LogP contribution in [0, 0.1) is 6.92 Å². The molecule has 2 aliphatic heterocycles. The zero-order valence-electron chi connectivity index (χ0n) is 18.3. The molecule has 15 heteroatoms. The average Bonchev–Trinajstić information content (AvgIpc) is 3.44. The normalized spacial score (nSPS) is 21.8. The van der Waals surface area contributed by atoms with Crippen molar-refractivity contribution in [2.75, 3.05) is 11.5 Å². The van der Waals surface area contributed by atoms with Gasteiger partial charge in [0.1, 0.15) is 34.4 Å². The SMILES string of the molecule is Cc1nnc(SCC2=C(C(=O)O)N3C(=O)[C@H](NC(=O)Cn4nc(C(F)F)cc4C4CC4)[C@H]3SC2)s1. The number of halogens is 2. The highest BCUT2D eigenvalue weighted by Gasteiger charge is 2.54. The first-order valence-corrected chi connectivity index (χ1v) is 13.6. The van der Waals surface area contributed by atoms with E-state index in [-0.39, 0.29) is 23.9 Å². The molecule has 186 valence electrons. The van der Waals surface area contributed by atoms with Crippen LogP contribution in [0.5, 0.6) is 0 Å². The number of carboxylic acid groups (broad SMARTS) is 1. The van der Waals surface area contributed by atoms with Crippen molar-refractivity contribution in [2.45, 2.75) is 54.4 Å². The van der Waals surface area contributed by atoms with Crippen LogP contribution in [0.1, 0.15) is 41.6 Å². The molecule has 10 nitrogen and oxygen atoms in total. The van der Waals surface area contributed by atoms with Gasteiger partial charge < -0.3 is 10.4 Å². The lowest BCUT2D eigenvalue weighted by Gasteiger charge is -2.49. The lowest BCUT2D eigenvalue weighted by Crippen LogP contribution is -2.70. The van der Waals surface area contributed by atoms with Gasteiger partial charge in [0.05, 0.1) is 0 Å². The lowest BCUT2D eigenvalue weighted by molar-refractivity contribution is -0.150. The summed E-state index contributed by atoms with van der Waals surface area (Å²) >= 11 is 4.14. The quantitative estimate of drug-likeness (QED) is 0.362. The molecule has 0 spiro atoms. The number of hydrogen-bond donors (Lipinski definition) is 2. The van der Waals surface area contributed by atoms with Crippen LogP contribution in [-0.2, 0) is 20.9 Å². The molecule has 2 aromatic heterocycles. The largest absolute Gasteiger partial charge is 0.477 e. The van der Waals surface area contributed by atoms with Crippen LogP contribution >= 0.6 is 34.9 Å². The third-order valence-electron chi connectivity index (χ3n) is 5.79. The minimum absolute atomic E-state index is 0.0670. The van der Waals surface area contributed by atoms with E-state index < -0.39 is 35.6 Å². The maximum absolute atomic E-state index is 13.1. The molecule has 1 aliphatic carbocycles. The molecule has 2 amide bonds. The summed E-state index contributed by atoms with van der Waals surface area (Å²) in [6, 6.07) is 0.437. The van der Waals surface area contributed by atoms with Gasteiger partial charge in [-0.2, -0.15) is 5.10 Å². The third-order valence-corrected chi connectivity index (χ3v) is 9.18. The van der Waals surface area contributed by atoms with Crippen molar-refractivity contribution < 1.29 is 28.3 Å². The first-order chi connectivity index (χ1) is 16.7. The van der Waals surface area contributed by atoms with Gasteiger partial charge in [0.25, 0.3) is 12.3 Å². The molecule has 3 aliphatic rings. The van der Waals surface area contributed by atoms with Crippen LogP contribution in [0.25, 0.3) is 0 Å². The van der Waals surface area contributed by atoms with Crippen LogP contribution in [0.3, 0.4) is 0 Å². The predicted octanol–water partition coefficient (Wildman–Crippen LogP) is 2.39. The molecule has 5 rings (SSSR count). The fourth-order valence-corrected chi connectivity index (χ4v) is 7.33. The Morgan fingerprint density at radius 1 is 1.34 bits per heavy atom. The summed E-state index contributed by atoms with van der Waals surface area (Å²) in [7, 11) is 0. The first-order valence-electron chi connectivity index (χ1n) is 10.7. The number of fused-ring (bicyclic) bond motifs is 1. The Bertz CT molecular complexity index is 1230. The van der Waals surface area contributed by atoms with Crippen molar-refractivity contribution in [1.82, 2.24) is 30.2 Å². The Hall–Kier alpha value is -2.52. The second kappa shape index (κ2) is 9.50. The fourth-order valence-electron chi connectivity index (χ4n) is 4.03. The maximum atomic E-state index is 13.1. The fraction of sp³-hybridized carbons (Fsp3) is 0.500. The highest BCUT2D eigenvalue weighted by molar-refractivity contribution is 8.01. The van der Waals surface area contributed by atoms with E-state index in [0.717, 1.165) is 17.8 Å². The molecule has 2 aromatic rings. The minimum atomic E-state index is -2.73. The number of carbonyl (C=O) groups excluding carboxylic acids is 2. The summed E-state index contributed by atoms with van der Waals surface area (Å²) in [5, 5.41) is 24.5.